The monoisotopic (exact) mass is 271 g/mol. The number of ether oxygens (including phenoxy) is 1. The fraction of sp³-hybridized carbons (Fsp3) is 0.154. The first-order valence-electron chi connectivity index (χ1n) is 6.05. The van der Waals surface area contributed by atoms with Gasteiger partial charge in [-0.1, -0.05) is 0 Å². The van der Waals surface area contributed by atoms with E-state index in [1.165, 1.54) is 11.3 Å². The summed E-state index contributed by atoms with van der Waals surface area (Å²) in [6, 6.07) is 7.01. The molecule has 7 nitrogen and oxygen atoms in total. The van der Waals surface area contributed by atoms with Gasteiger partial charge in [-0.25, -0.2) is 14.8 Å². The van der Waals surface area contributed by atoms with Crippen LogP contribution >= 0.6 is 0 Å². The Morgan fingerprint density at radius 2 is 2.15 bits per heavy atom. The zero-order valence-electron chi connectivity index (χ0n) is 10.8. The van der Waals surface area contributed by atoms with Gasteiger partial charge < -0.3 is 10.1 Å². The molecule has 2 heterocycles. The van der Waals surface area contributed by atoms with Crippen molar-refractivity contribution in [2.24, 2.45) is 0 Å². The van der Waals surface area contributed by atoms with Crippen molar-refractivity contribution >= 4 is 17.5 Å². The second-order valence-electron chi connectivity index (χ2n) is 4.21. The summed E-state index contributed by atoms with van der Waals surface area (Å²) in [5, 5.41) is 4.11. The molecule has 102 valence electrons. The molecule has 20 heavy (non-hydrogen) atoms. The number of benzene rings is 1. The second kappa shape index (κ2) is 5.04. The third-order valence-corrected chi connectivity index (χ3v) is 2.94. The van der Waals surface area contributed by atoms with Crippen LogP contribution in [0.15, 0.2) is 36.8 Å². The van der Waals surface area contributed by atoms with Gasteiger partial charge in [0.05, 0.1) is 12.8 Å². The summed E-state index contributed by atoms with van der Waals surface area (Å²) in [7, 11) is 1.60. The average Bonchev–Trinajstić information content (AvgIpc) is 2.51. The maximum Gasteiger partial charge on any atom is 0.342 e. The average molecular weight is 271 g/mol. The summed E-state index contributed by atoms with van der Waals surface area (Å²) in [5.74, 6) is 1.31. The largest absolute Gasteiger partial charge is 0.497 e. The molecule has 0 radical (unpaired) electrons. The molecule has 0 atom stereocenters. The van der Waals surface area contributed by atoms with Gasteiger partial charge in [-0.2, -0.15) is 5.01 Å². The van der Waals surface area contributed by atoms with E-state index in [2.05, 4.69) is 20.7 Å². The smallest absolute Gasteiger partial charge is 0.342 e. The lowest BCUT2D eigenvalue weighted by atomic mass is 10.2. The molecule has 0 saturated heterocycles. The third kappa shape index (κ3) is 2.20. The molecule has 2 N–H and O–H groups in total. The first-order chi connectivity index (χ1) is 9.78. The van der Waals surface area contributed by atoms with Crippen LogP contribution in [0.1, 0.15) is 5.56 Å². The Kier molecular flexibility index (Phi) is 3.08. The molecular weight excluding hydrogens is 258 g/mol. The van der Waals surface area contributed by atoms with Crippen molar-refractivity contribution in [1.82, 2.24) is 15.3 Å². The molecule has 7 heteroatoms. The first kappa shape index (κ1) is 12.2. The number of fused-ring (bicyclic) bond motifs is 1. The number of urea groups is 1. The molecule has 1 aliphatic rings. The van der Waals surface area contributed by atoms with Gasteiger partial charge in [0.1, 0.15) is 12.1 Å². The molecular formula is C13H13N5O2. The van der Waals surface area contributed by atoms with Crippen LogP contribution in [0.3, 0.4) is 0 Å². The van der Waals surface area contributed by atoms with Crippen LogP contribution in [0.2, 0.25) is 0 Å². The normalized spacial score (nSPS) is 13.4. The highest BCUT2D eigenvalue weighted by Crippen LogP contribution is 2.22. The first-order valence-corrected chi connectivity index (χ1v) is 6.05. The number of nitrogens with one attached hydrogen (secondary N) is 2. The number of rotatable bonds is 3. The summed E-state index contributed by atoms with van der Waals surface area (Å²) < 4.78 is 5.10. The standard InChI is InChI=1S/C13H13N5O2/c1-20-11-4-2-10(3-5-11)17-18-12-9(6-14-8-16-12)7-15-13(18)19/h2-6,8,17H,7H2,1H3,(H,15,19). The highest BCUT2D eigenvalue weighted by molar-refractivity contribution is 5.95. The molecule has 2 amide bonds. The molecule has 1 aromatic carbocycles. The Labute approximate surface area is 115 Å². The van der Waals surface area contributed by atoms with Crippen LogP contribution in [0, 0.1) is 0 Å². The second-order valence-corrected chi connectivity index (χ2v) is 4.21. The van der Waals surface area contributed by atoms with Crippen LogP contribution < -0.4 is 20.5 Å². The Hall–Kier alpha value is -2.83. The number of nitrogens with zero attached hydrogens (tertiary/aromatic N) is 3. The molecule has 0 bridgehead atoms. The quantitative estimate of drug-likeness (QED) is 0.885. The molecule has 0 spiro atoms. The van der Waals surface area contributed by atoms with E-state index in [0.29, 0.717) is 12.4 Å². The molecule has 1 aliphatic heterocycles. The van der Waals surface area contributed by atoms with Gasteiger partial charge in [-0.05, 0) is 24.3 Å². The van der Waals surface area contributed by atoms with Gasteiger partial charge in [-0.15, -0.1) is 0 Å². The summed E-state index contributed by atoms with van der Waals surface area (Å²) in [4.78, 5) is 20.1. The summed E-state index contributed by atoms with van der Waals surface area (Å²) in [6.07, 6.45) is 3.10. The van der Waals surface area contributed by atoms with Crippen molar-refractivity contribution in [2.45, 2.75) is 6.54 Å². The number of hydrogen-bond acceptors (Lipinski definition) is 5. The molecule has 0 unspecified atom stereocenters. The van der Waals surface area contributed by atoms with Crippen molar-refractivity contribution in [3.05, 3.63) is 42.4 Å². The highest BCUT2D eigenvalue weighted by atomic mass is 16.5. The van der Waals surface area contributed by atoms with Crippen LogP contribution in [-0.4, -0.2) is 23.1 Å². The summed E-state index contributed by atoms with van der Waals surface area (Å²) in [6.45, 7) is 0.426. The van der Waals surface area contributed by atoms with Crippen molar-refractivity contribution in [2.75, 3.05) is 17.5 Å². The number of anilines is 2. The Morgan fingerprint density at radius 3 is 2.90 bits per heavy atom. The number of hydrazine groups is 1. The minimum absolute atomic E-state index is 0.257. The van der Waals surface area contributed by atoms with Gasteiger partial charge in [0.25, 0.3) is 0 Å². The topological polar surface area (TPSA) is 79.4 Å². The van der Waals surface area contributed by atoms with Crippen LogP contribution in [-0.2, 0) is 6.54 Å². The van der Waals surface area contributed by atoms with Gasteiger partial charge in [0.2, 0.25) is 0 Å². The highest BCUT2D eigenvalue weighted by Gasteiger charge is 2.25. The van der Waals surface area contributed by atoms with Gasteiger partial charge in [-0.3, -0.25) is 5.43 Å². The molecule has 0 aliphatic carbocycles. The SMILES string of the molecule is COc1ccc(NN2C(=O)NCc3cncnc32)cc1. The van der Waals surface area contributed by atoms with E-state index in [1.807, 2.05) is 24.3 Å². The van der Waals surface area contributed by atoms with Crippen molar-refractivity contribution in [3.8, 4) is 5.75 Å². The molecule has 0 saturated carbocycles. The number of aromatic nitrogens is 2. The number of carbonyl (C=O) groups excluding carboxylic acids is 1. The van der Waals surface area contributed by atoms with Crippen molar-refractivity contribution < 1.29 is 9.53 Å². The van der Waals surface area contributed by atoms with E-state index in [9.17, 15) is 4.79 Å². The maximum atomic E-state index is 12.0. The molecule has 1 aromatic heterocycles. The lowest BCUT2D eigenvalue weighted by Crippen LogP contribution is -2.48. The van der Waals surface area contributed by atoms with Crippen LogP contribution in [0.5, 0.6) is 5.75 Å². The summed E-state index contributed by atoms with van der Waals surface area (Å²) in [5.41, 5.74) is 4.63. The van der Waals surface area contributed by atoms with Crippen molar-refractivity contribution in [3.63, 3.8) is 0 Å². The fourth-order valence-corrected chi connectivity index (χ4v) is 1.92. The molecule has 3 rings (SSSR count). The predicted molar refractivity (Wildman–Crippen MR) is 73.4 cm³/mol. The fourth-order valence-electron chi connectivity index (χ4n) is 1.92. The maximum absolute atomic E-state index is 12.0. The Morgan fingerprint density at radius 1 is 1.35 bits per heavy atom. The number of amides is 2. The number of methoxy groups -OCH3 is 1. The Balaban J connectivity index is 1.87. The number of carbonyl (C=O) groups is 1. The minimum Gasteiger partial charge on any atom is -0.497 e. The summed E-state index contributed by atoms with van der Waals surface area (Å²) >= 11 is 0. The lowest BCUT2D eigenvalue weighted by molar-refractivity contribution is 0.245. The minimum atomic E-state index is -0.257. The van der Waals surface area contributed by atoms with E-state index in [4.69, 9.17) is 4.74 Å². The molecule has 2 aromatic rings. The van der Waals surface area contributed by atoms with E-state index < -0.39 is 0 Å². The van der Waals surface area contributed by atoms with E-state index in [1.54, 1.807) is 13.3 Å². The Bertz CT molecular complexity index is 629. The zero-order valence-corrected chi connectivity index (χ0v) is 10.8. The van der Waals surface area contributed by atoms with Crippen LogP contribution in [0.4, 0.5) is 16.3 Å². The van der Waals surface area contributed by atoms with Gasteiger partial charge in [0.15, 0.2) is 5.82 Å². The predicted octanol–water partition coefficient (Wildman–Crippen LogP) is 1.54. The third-order valence-electron chi connectivity index (χ3n) is 2.94. The van der Waals surface area contributed by atoms with Crippen molar-refractivity contribution in [1.29, 1.82) is 0 Å². The van der Waals surface area contributed by atoms with E-state index in [0.717, 1.165) is 17.0 Å². The zero-order chi connectivity index (χ0) is 13.9. The molecule has 0 fully saturated rings. The van der Waals surface area contributed by atoms with Gasteiger partial charge >= 0.3 is 6.03 Å². The lowest BCUT2D eigenvalue weighted by Gasteiger charge is -2.29. The van der Waals surface area contributed by atoms with E-state index in [-0.39, 0.29) is 6.03 Å². The number of hydrogen-bond donors (Lipinski definition) is 2. The van der Waals surface area contributed by atoms with Gasteiger partial charge in [0, 0.05) is 18.3 Å². The van der Waals surface area contributed by atoms with E-state index >= 15 is 0 Å². The van der Waals surface area contributed by atoms with Crippen LogP contribution in [0.25, 0.3) is 0 Å².